The molecule has 0 aliphatic rings. The average Bonchev–Trinajstić information content (AvgIpc) is 3.07. The van der Waals surface area contributed by atoms with Gasteiger partial charge in [-0.2, -0.15) is 0 Å². The van der Waals surface area contributed by atoms with Crippen molar-refractivity contribution in [2.45, 2.75) is 13.0 Å². The SMILES string of the molecule is C[C@@H](NC(=O)COC(=O)/C=C/c1ccc(Cl)cc1)c1cccs1. The molecule has 0 radical (unpaired) electrons. The van der Waals surface area contributed by atoms with Gasteiger partial charge in [0.2, 0.25) is 0 Å². The Bertz CT molecular complexity index is 680. The van der Waals surface area contributed by atoms with Crippen LogP contribution in [0.4, 0.5) is 0 Å². The highest BCUT2D eigenvalue weighted by molar-refractivity contribution is 7.10. The van der Waals surface area contributed by atoms with Crippen molar-refractivity contribution in [2.24, 2.45) is 0 Å². The molecule has 1 aromatic carbocycles. The molecule has 1 atom stereocenters. The van der Waals surface area contributed by atoms with Crippen molar-refractivity contribution in [2.75, 3.05) is 6.61 Å². The average molecular weight is 350 g/mol. The number of nitrogens with one attached hydrogen (secondary N) is 1. The van der Waals surface area contributed by atoms with Gasteiger partial charge < -0.3 is 10.1 Å². The van der Waals surface area contributed by atoms with Crippen LogP contribution in [-0.2, 0) is 14.3 Å². The van der Waals surface area contributed by atoms with Gasteiger partial charge in [0.1, 0.15) is 0 Å². The summed E-state index contributed by atoms with van der Waals surface area (Å²) in [6.45, 7) is 1.57. The van der Waals surface area contributed by atoms with Crippen molar-refractivity contribution in [1.29, 1.82) is 0 Å². The molecule has 0 unspecified atom stereocenters. The van der Waals surface area contributed by atoms with Crippen LogP contribution in [0.15, 0.2) is 47.9 Å². The fourth-order valence-electron chi connectivity index (χ4n) is 1.81. The number of amides is 1. The Morgan fingerprint density at radius 2 is 2.04 bits per heavy atom. The molecule has 23 heavy (non-hydrogen) atoms. The monoisotopic (exact) mass is 349 g/mol. The molecule has 1 amide bonds. The Kier molecular flexibility index (Phi) is 6.38. The molecule has 0 fully saturated rings. The van der Waals surface area contributed by atoms with Crippen LogP contribution >= 0.6 is 22.9 Å². The quantitative estimate of drug-likeness (QED) is 0.637. The van der Waals surface area contributed by atoms with Gasteiger partial charge in [0.25, 0.3) is 5.91 Å². The lowest BCUT2D eigenvalue weighted by molar-refractivity contribution is -0.144. The van der Waals surface area contributed by atoms with Crippen LogP contribution in [0.2, 0.25) is 5.02 Å². The summed E-state index contributed by atoms with van der Waals surface area (Å²) in [5.74, 6) is -0.905. The molecule has 0 saturated heterocycles. The van der Waals surface area contributed by atoms with Crippen LogP contribution in [0.5, 0.6) is 0 Å². The van der Waals surface area contributed by atoms with Crippen LogP contribution in [0, 0.1) is 0 Å². The molecule has 0 bridgehead atoms. The van der Waals surface area contributed by atoms with E-state index < -0.39 is 5.97 Å². The van der Waals surface area contributed by atoms with Crippen molar-refractivity contribution in [1.82, 2.24) is 5.32 Å². The highest BCUT2D eigenvalue weighted by Crippen LogP contribution is 2.17. The molecule has 2 aromatic rings. The number of esters is 1. The predicted molar refractivity (Wildman–Crippen MR) is 92.3 cm³/mol. The van der Waals surface area contributed by atoms with Crippen molar-refractivity contribution in [3.8, 4) is 0 Å². The molecule has 1 heterocycles. The molecular formula is C17H16ClNO3S. The van der Waals surface area contributed by atoms with Gasteiger partial charge in [-0.25, -0.2) is 4.79 Å². The van der Waals surface area contributed by atoms with Gasteiger partial charge >= 0.3 is 5.97 Å². The van der Waals surface area contributed by atoms with Crippen LogP contribution in [0.3, 0.4) is 0 Å². The molecule has 2 rings (SSSR count). The van der Waals surface area contributed by atoms with E-state index in [-0.39, 0.29) is 18.6 Å². The first-order chi connectivity index (χ1) is 11.0. The minimum atomic E-state index is -0.570. The summed E-state index contributed by atoms with van der Waals surface area (Å²) >= 11 is 7.34. The minimum absolute atomic E-state index is 0.106. The molecule has 1 N–H and O–H groups in total. The van der Waals surface area contributed by atoms with Crippen LogP contribution in [0.1, 0.15) is 23.4 Å². The maximum atomic E-state index is 11.7. The van der Waals surface area contributed by atoms with E-state index in [0.717, 1.165) is 10.4 Å². The fourth-order valence-corrected chi connectivity index (χ4v) is 2.68. The number of rotatable bonds is 6. The van der Waals surface area contributed by atoms with Gasteiger partial charge in [-0.3, -0.25) is 4.79 Å². The summed E-state index contributed by atoms with van der Waals surface area (Å²) in [6.07, 6.45) is 2.88. The van der Waals surface area contributed by atoms with E-state index in [1.54, 1.807) is 41.7 Å². The highest BCUT2D eigenvalue weighted by Gasteiger charge is 2.11. The Morgan fingerprint density at radius 3 is 2.70 bits per heavy atom. The van der Waals surface area contributed by atoms with Gasteiger partial charge in [-0.15, -0.1) is 11.3 Å². The van der Waals surface area contributed by atoms with Gasteiger partial charge in [-0.1, -0.05) is 29.8 Å². The zero-order chi connectivity index (χ0) is 16.7. The number of carbonyl (C=O) groups excluding carboxylic acids is 2. The van der Waals surface area contributed by atoms with Crippen LogP contribution < -0.4 is 5.32 Å². The fraction of sp³-hybridized carbons (Fsp3) is 0.176. The molecule has 6 heteroatoms. The molecule has 1 aromatic heterocycles. The van der Waals surface area contributed by atoms with Crippen molar-refractivity contribution < 1.29 is 14.3 Å². The number of thiophene rings is 1. The molecule has 0 aliphatic heterocycles. The molecule has 0 saturated carbocycles. The molecule has 0 spiro atoms. The molecule has 0 aliphatic carbocycles. The molecular weight excluding hydrogens is 334 g/mol. The van der Waals surface area contributed by atoms with E-state index in [0.29, 0.717) is 5.02 Å². The normalized spacial score (nSPS) is 12.1. The Hall–Kier alpha value is -2.11. The van der Waals surface area contributed by atoms with Crippen LogP contribution in [-0.4, -0.2) is 18.5 Å². The van der Waals surface area contributed by atoms with E-state index in [4.69, 9.17) is 16.3 Å². The second-order valence-electron chi connectivity index (χ2n) is 4.80. The Labute approximate surface area is 143 Å². The zero-order valence-electron chi connectivity index (χ0n) is 12.5. The van der Waals surface area contributed by atoms with Gasteiger partial charge in [0, 0.05) is 16.0 Å². The van der Waals surface area contributed by atoms with Crippen molar-refractivity contribution >= 4 is 40.9 Å². The summed E-state index contributed by atoms with van der Waals surface area (Å²) in [5.41, 5.74) is 0.821. The summed E-state index contributed by atoms with van der Waals surface area (Å²) in [4.78, 5) is 24.4. The number of benzene rings is 1. The smallest absolute Gasteiger partial charge is 0.331 e. The lowest BCUT2D eigenvalue weighted by atomic mass is 10.2. The lowest BCUT2D eigenvalue weighted by Gasteiger charge is -2.11. The first-order valence-corrected chi connectivity index (χ1v) is 8.23. The first-order valence-electron chi connectivity index (χ1n) is 6.98. The topological polar surface area (TPSA) is 55.4 Å². The zero-order valence-corrected chi connectivity index (χ0v) is 14.1. The molecule has 4 nitrogen and oxygen atoms in total. The summed E-state index contributed by atoms with van der Waals surface area (Å²) in [6, 6.07) is 10.8. The van der Waals surface area contributed by atoms with E-state index in [2.05, 4.69) is 5.32 Å². The number of hydrogen-bond acceptors (Lipinski definition) is 4. The largest absolute Gasteiger partial charge is 0.452 e. The summed E-state index contributed by atoms with van der Waals surface area (Å²) in [7, 11) is 0. The third kappa shape index (κ3) is 5.88. The number of ether oxygens (including phenoxy) is 1. The minimum Gasteiger partial charge on any atom is -0.452 e. The summed E-state index contributed by atoms with van der Waals surface area (Å²) < 4.78 is 4.91. The van der Waals surface area contributed by atoms with E-state index in [9.17, 15) is 9.59 Å². The summed E-state index contributed by atoms with van der Waals surface area (Å²) in [5, 5.41) is 5.34. The van der Waals surface area contributed by atoms with E-state index >= 15 is 0 Å². The number of halogens is 1. The maximum absolute atomic E-state index is 11.7. The Morgan fingerprint density at radius 1 is 1.30 bits per heavy atom. The van der Waals surface area contributed by atoms with E-state index in [1.165, 1.54) is 6.08 Å². The van der Waals surface area contributed by atoms with Crippen molar-refractivity contribution in [3.05, 3.63) is 63.3 Å². The predicted octanol–water partition coefficient (Wildman–Crippen LogP) is 3.84. The van der Waals surface area contributed by atoms with E-state index in [1.807, 2.05) is 24.4 Å². The first kappa shape index (κ1) is 17.2. The van der Waals surface area contributed by atoms with Crippen LogP contribution in [0.25, 0.3) is 6.08 Å². The lowest BCUT2D eigenvalue weighted by Crippen LogP contribution is -2.30. The highest BCUT2D eigenvalue weighted by atomic mass is 35.5. The maximum Gasteiger partial charge on any atom is 0.331 e. The molecule has 120 valence electrons. The second kappa shape index (κ2) is 8.50. The Balaban J connectivity index is 1.75. The number of hydrogen-bond donors (Lipinski definition) is 1. The third-order valence-electron chi connectivity index (χ3n) is 2.97. The second-order valence-corrected chi connectivity index (χ2v) is 6.21. The standard InChI is InChI=1S/C17H16ClNO3S/c1-12(15-3-2-10-23-15)19-16(20)11-22-17(21)9-6-13-4-7-14(18)8-5-13/h2-10,12H,11H2,1H3,(H,19,20)/b9-6+/t12-/m1/s1. The number of carbonyl (C=O) groups is 2. The van der Waals surface area contributed by atoms with Crippen molar-refractivity contribution in [3.63, 3.8) is 0 Å². The van der Waals surface area contributed by atoms with Gasteiger partial charge in [0.05, 0.1) is 6.04 Å². The third-order valence-corrected chi connectivity index (χ3v) is 4.28. The van der Waals surface area contributed by atoms with Gasteiger partial charge in [-0.05, 0) is 42.1 Å². The van der Waals surface area contributed by atoms with Gasteiger partial charge in [0.15, 0.2) is 6.61 Å².